The molecule has 17 heavy (non-hydrogen) atoms. The lowest BCUT2D eigenvalue weighted by Crippen LogP contribution is -2.41. The van der Waals surface area contributed by atoms with E-state index in [2.05, 4.69) is 36.1 Å². The highest BCUT2D eigenvalue weighted by Crippen LogP contribution is 2.20. The second kappa shape index (κ2) is 5.87. The van der Waals surface area contributed by atoms with Crippen LogP contribution in [0.3, 0.4) is 0 Å². The van der Waals surface area contributed by atoms with E-state index in [9.17, 15) is 0 Å². The van der Waals surface area contributed by atoms with Crippen molar-refractivity contribution in [1.29, 1.82) is 0 Å². The van der Waals surface area contributed by atoms with Crippen LogP contribution in [0.25, 0.3) is 0 Å². The maximum Gasteiger partial charge on any atom is 0.157 e. The zero-order chi connectivity index (χ0) is 12.3. The highest BCUT2D eigenvalue weighted by Gasteiger charge is 2.20. The van der Waals surface area contributed by atoms with Gasteiger partial charge >= 0.3 is 0 Å². The van der Waals surface area contributed by atoms with E-state index in [0.29, 0.717) is 18.5 Å². The Morgan fingerprint density at radius 1 is 1.53 bits per heavy atom. The quantitative estimate of drug-likeness (QED) is 0.916. The number of aliphatic imine (C=N–C) groups is 1. The molecule has 1 aliphatic heterocycles. The van der Waals surface area contributed by atoms with Crippen molar-refractivity contribution in [3.8, 4) is 0 Å². The van der Waals surface area contributed by atoms with E-state index in [0.717, 1.165) is 22.3 Å². The van der Waals surface area contributed by atoms with Crippen LogP contribution in [0.4, 0.5) is 0 Å². The van der Waals surface area contributed by atoms with Crippen LogP contribution in [0.5, 0.6) is 0 Å². The van der Waals surface area contributed by atoms with E-state index >= 15 is 0 Å². The summed E-state index contributed by atoms with van der Waals surface area (Å²) < 4.78 is 0. The number of nitrogens with one attached hydrogen (secondary N) is 1. The minimum absolute atomic E-state index is 0.525. The molecule has 2 heterocycles. The predicted octanol–water partition coefficient (Wildman–Crippen LogP) is 2.92. The van der Waals surface area contributed by atoms with E-state index in [1.807, 2.05) is 18.0 Å². The van der Waals surface area contributed by atoms with Crippen molar-refractivity contribution in [1.82, 2.24) is 10.3 Å². The van der Waals surface area contributed by atoms with E-state index in [-0.39, 0.29) is 0 Å². The number of aromatic nitrogens is 1. The normalized spacial score (nSPS) is 27.1. The first-order chi connectivity index (χ1) is 8.19. The van der Waals surface area contributed by atoms with Crippen LogP contribution in [0.2, 0.25) is 0 Å². The SMILES string of the molecule is CCc1cnc(CN=C2NC(C)C(C)CS2)s1. The highest BCUT2D eigenvalue weighted by atomic mass is 32.2. The highest BCUT2D eigenvalue weighted by molar-refractivity contribution is 8.13. The Bertz CT molecular complexity index is 400. The molecule has 5 heteroatoms. The monoisotopic (exact) mass is 269 g/mol. The molecular weight excluding hydrogens is 250 g/mol. The van der Waals surface area contributed by atoms with Gasteiger partial charge in [-0.3, -0.25) is 4.99 Å². The summed E-state index contributed by atoms with van der Waals surface area (Å²) >= 11 is 3.59. The first-order valence-corrected chi connectivity index (χ1v) is 7.86. The van der Waals surface area contributed by atoms with Gasteiger partial charge in [-0.15, -0.1) is 11.3 Å². The molecule has 0 amide bonds. The zero-order valence-corrected chi connectivity index (χ0v) is 12.2. The number of hydrogen-bond acceptors (Lipinski definition) is 4. The number of hydrogen-bond donors (Lipinski definition) is 1. The van der Waals surface area contributed by atoms with Gasteiger partial charge in [-0.2, -0.15) is 0 Å². The maximum absolute atomic E-state index is 4.60. The maximum atomic E-state index is 4.60. The van der Waals surface area contributed by atoms with E-state index < -0.39 is 0 Å². The van der Waals surface area contributed by atoms with E-state index in [1.54, 1.807) is 11.3 Å². The minimum Gasteiger partial charge on any atom is -0.362 e. The van der Waals surface area contributed by atoms with Crippen molar-refractivity contribution in [3.05, 3.63) is 16.1 Å². The van der Waals surface area contributed by atoms with Crippen LogP contribution in [0, 0.1) is 5.92 Å². The van der Waals surface area contributed by atoms with Gasteiger partial charge in [-0.1, -0.05) is 25.6 Å². The average Bonchev–Trinajstić information content (AvgIpc) is 2.79. The molecule has 0 spiro atoms. The van der Waals surface area contributed by atoms with Gasteiger partial charge in [0.1, 0.15) is 5.01 Å². The summed E-state index contributed by atoms with van der Waals surface area (Å²) in [6, 6.07) is 0.525. The summed E-state index contributed by atoms with van der Waals surface area (Å²) in [6.07, 6.45) is 3.03. The van der Waals surface area contributed by atoms with Gasteiger partial charge in [0.15, 0.2) is 5.17 Å². The van der Waals surface area contributed by atoms with Gasteiger partial charge < -0.3 is 5.32 Å². The van der Waals surface area contributed by atoms with Gasteiger partial charge in [-0.25, -0.2) is 4.98 Å². The second-order valence-electron chi connectivity index (χ2n) is 4.42. The minimum atomic E-state index is 0.525. The van der Waals surface area contributed by atoms with Gasteiger partial charge in [-0.05, 0) is 19.3 Å². The third-order valence-electron chi connectivity index (χ3n) is 3.00. The standard InChI is InChI=1S/C12H19N3S2/c1-4-10-5-13-11(17-10)6-14-12-15-9(3)8(2)7-16-12/h5,8-9H,4,6-7H2,1-3H3,(H,14,15). The molecular formula is C12H19N3S2. The third-order valence-corrected chi connectivity index (χ3v) is 5.33. The molecule has 3 nitrogen and oxygen atoms in total. The zero-order valence-electron chi connectivity index (χ0n) is 10.6. The molecule has 0 saturated carbocycles. The third kappa shape index (κ3) is 3.45. The summed E-state index contributed by atoms with van der Waals surface area (Å²) in [6.45, 7) is 7.36. The van der Waals surface area contributed by atoms with Crippen molar-refractivity contribution >= 4 is 28.3 Å². The Labute approximate surface area is 111 Å². The molecule has 1 fully saturated rings. The molecule has 2 rings (SSSR count). The summed E-state index contributed by atoms with van der Waals surface area (Å²) in [4.78, 5) is 10.3. The Morgan fingerprint density at radius 3 is 3.00 bits per heavy atom. The molecule has 0 radical (unpaired) electrons. The van der Waals surface area contributed by atoms with Gasteiger partial charge in [0, 0.05) is 22.9 Å². The van der Waals surface area contributed by atoms with Crippen LogP contribution in [0.15, 0.2) is 11.2 Å². The number of nitrogens with zero attached hydrogens (tertiary/aromatic N) is 2. The Morgan fingerprint density at radius 2 is 2.35 bits per heavy atom. The predicted molar refractivity (Wildman–Crippen MR) is 76.9 cm³/mol. The molecule has 2 atom stereocenters. The lowest BCUT2D eigenvalue weighted by molar-refractivity contribution is 0.490. The van der Waals surface area contributed by atoms with E-state index in [4.69, 9.17) is 0 Å². The number of aryl methyl sites for hydroxylation is 1. The Kier molecular flexibility index (Phi) is 4.45. The number of amidine groups is 1. The van der Waals surface area contributed by atoms with Gasteiger partial charge in [0.25, 0.3) is 0 Å². The van der Waals surface area contributed by atoms with Crippen LogP contribution in [-0.2, 0) is 13.0 Å². The van der Waals surface area contributed by atoms with Crippen molar-refractivity contribution in [2.75, 3.05) is 5.75 Å². The molecule has 2 unspecified atom stereocenters. The lowest BCUT2D eigenvalue weighted by atomic mass is 10.1. The largest absolute Gasteiger partial charge is 0.362 e. The average molecular weight is 269 g/mol. The fourth-order valence-corrected chi connectivity index (χ4v) is 3.47. The van der Waals surface area contributed by atoms with Gasteiger partial charge in [0.05, 0.1) is 6.54 Å². The smallest absolute Gasteiger partial charge is 0.157 e. The Hall–Kier alpha value is -0.550. The molecule has 1 saturated heterocycles. The molecule has 1 aliphatic rings. The fraction of sp³-hybridized carbons (Fsp3) is 0.667. The topological polar surface area (TPSA) is 37.3 Å². The number of thiazole rings is 1. The number of rotatable bonds is 3. The lowest BCUT2D eigenvalue weighted by Gasteiger charge is -2.28. The molecule has 0 aliphatic carbocycles. The van der Waals surface area contributed by atoms with Crippen LogP contribution >= 0.6 is 23.1 Å². The molecule has 0 aromatic carbocycles. The summed E-state index contributed by atoms with van der Waals surface area (Å²) in [5, 5.41) is 5.63. The molecule has 1 aromatic rings. The summed E-state index contributed by atoms with van der Waals surface area (Å²) in [5.41, 5.74) is 0. The van der Waals surface area contributed by atoms with Gasteiger partial charge in [0.2, 0.25) is 0 Å². The van der Waals surface area contributed by atoms with Crippen LogP contribution in [0.1, 0.15) is 30.7 Å². The fourth-order valence-electron chi connectivity index (χ4n) is 1.55. The van der Waals surface area contributed by atoms with Crippen molar-refractivity contribution in [2.24, 2.45) is 10.9 Å². The Balaban J connectivity index is 1.92. The van der Waals surface area contributed by atoms with Crippen molar-refractivity contribution in [2.45, 2.75) is 39.8 Å². The molecule has 1 N–H and O–H groups in total. The first kappa shape index (κ1) is 12.9. The summed E-state index contributed by atoms with van der Waals surface area (Å²) in [5.74, 6) is 1.87. The molecule has 94 valence electrons. The molecule has 1 aromatic heterocycles. The van der Waals surface area contributed by atoms with Crippen molar-refractivity contribution < 1.29 is 0 Å². The first-order valence-electron chi connectivity index (χ1n) is 6.06. The van der Waals surface area contributed by atoms with Crippen LogP contribution in [-0.4, -0.2) is 21.9 Å². The number of thioether (sulfide) groups is 1. The van der Waals surface area contributed by atoms with E-state index in [1.165, 1.54) is 4.88 Å². The molecule has 0 bridgehead atoms. The summed E-state index contributed by atoms with van der Waals surface area (Å²) in [7, 11) is 0. The van der Waals surface area contributed by atoms with Crippen LogP contribution < -0.4 is 5.32 Å². The second-order valence-corrected chi connectivity index (χ2v) is 6.63. The van der Waals surface area contributed by atoms with Crippen molar-refractivity contribution in [3.63, 3.8) is 0 Å².